The van der Waals surface area contributed by atoms with Crippen molar-refractivity contribution < 1.29 is 14.3 Å². The average molecular weight is 211 g/mol. The number of carbonyl (C=O) groups excluding carboxylic acids is 2. The van der Waals surface area contributed by atoms with Crippen molar-refractivity contribution in [2.75, 3.05) is 0 Å². The highest BCUT2D eigenvalue weighted by Gasteiger charge is 2.48. The first-order valence-corrected chi connectivity index (χ1v) is 5.44. The van der Waals surface area contributed by atoms with Crippen molar-refractivity contribution in [3.63, 3.8) is 0 Å². The molecule has 1 saturated heterocycles. The van der Waals surface area contributed by atoms with Crippen LogP contribution < -0.4 is 0 Å². The van der Waals surface area contributed by atoms with Gasteiger partial charge in [0.25, 0.3) is 0 Å². The van der Waals surface area contributed by atoms with E-state index in [4.69, 9.17) is 4.74 Å². The molecule has 0 aromatic rings. The molecule has 0 spiro atoms. The second-order valence-corrected chi connectivity index (χ2v) is 5.35. The molecule has 2 rings (SSSR count). The van der Waals surface area contributed by atoms with Crippen LogP contribution in [0.5, 0.6) is 0 Å². The number of rotatable bonds is 0. The molecule has 2 atom stereocenters. The van der Waals surface area contributed by atoms with Crippen LogP contribution in [-0.4, -0.2) is 28.5 Å². The summed E-state index contributed by atoms with van der Waals surface area (Å²) in [5, 5.41) is 0. The van der Waals surface area contributed by atoms with Crippen molar-refractivity contribution >= 4 is 12.0 Å². The van der Waals surface area contributed by atoms with Crippen LogP contribution in [0.4, 0.5) is 4.79 Å². The lowest BCUT2D eigenvalue weighted by Gasteiger charge is -2.28. The van der Waals surface area contributed by atoms with Crippen molar-refractivity contribution in [1.29, 1.82) is 0 Å². The van der Waals surface area contributed by atoms with Gasteiger partial charge in [0.1, 0.15) is 5.60 Å². The summed E-state index contributed by atoms with van der Waals surface area (Å²) in [6.45, 7) is 5.43. The van der Waals surface area contributed by atoms with Crippen LogP contribution in [0.25, 0.3) is 0 Å². The fourth-order valence-corrected chi connectivity index (χ4v) is 2.34. The highest BCUT2D eigenvalue weighted by Crippen LogP contribution is 2.39. The van der Waals surface area contributed by atoms with Gasteiger partial charge in [0.15, 0.2) is 0 Å². The third kappa shape index (κ3) is 1.85. The molecule has 84 valence electrons. The summed E-state index contributed by atoms with van der Waals surface area (Å²) < 4.78 is 5.21. The van der Waals surface area contributed by atoms with Gasteiger partial charge < -0.3 is 4.74 Å². The zero-order valence-corrected chi connectivity index (χ0v) is 9.45. The molecule has 1 heterocycles. The average Bonchev–Trinajstić information content (AvgIpc) is 2.59. The molecule has 2 aliphatic rings. The maximum atomic E-state index is 11.7. The van der Waals surface area contributed by atoms with Gasteiger partial charge in [-0.15, -0.1) is 0 Å². The van der Waals surface area contributed by atoms with E-state index in [0.29, 0.717) is 0 Å². The molecule has 0 radical (unpaired) electrons. The molecule has 0 N–H and O–H groups in total. The zero-order chi connectivity index (χ0) is 11.2. The van der Waals surface area contributed by atoms with Gasteiger partial charge in [0.2, 0.25) is 5.91 Å². The number of fused-ring (bicyclic) bond motifs is 2. The topological polar surface area (TPSA) is 46.6 Å². The van der Waals surface area contributed by atoms with Crippen LogP contribution >= 0.6 is 0 Å². The number of piperidine rings is 1. The monoisotopic (exact) mass is 211 g/mol. The van der Waals surface area contributed by atoms with E-state index in [1.807, 2.05) is 20.8 Å². The van der Waals surface area contributed by atoms with Gasteiger partial charge in [0.05, 0.1) is 0 Å². The number of hydrogen-bond acceptors (Lipinski definition) is 3. The van der Waals surface area contributed by atoms with E-state index < -0.39 is 11.7 Å². The van der Waals surface area contributed by atoms with Gasteiger partial charge in [-0.25, -0.2) is 9.69 Å². The first-order valence-electron chi connectivity index (χ1n) is 5.44. The molecule has 2 amide bonds. The Balaban J connectivity index is 2.06. The summed E-state index contributed by atoms with van der Waals surface area (Å²) in [6, 6.07) is 0.0948. The maximum Gasteiger partial charge on any atom is 0.417 e. The third-order valence-electron chi connectivity index (χ3n) is 2.95. The van der Waals surface area contributed by atoms with Crippen LogP contribution in [0.3, 0.4) is 0 Å². The molecule has 0 aromatic carbocycles. The van der Waals surface area contributed by atoms with Crippen molar-refractivity contribution in [3.05, 3.63) is 0 Å². The zero-order valence-electron chi connectivity index (χ0n) is 9.45. The van der Waals surface area contributed by atoms with Crippen LogP contribution in [0.1, 0.15) is 40.0 Å². The number of ether oxygens (including phenoxy) is 1. The van der Waals surface area contributed by atoms with Gasteiger partial charge in [-0.05, 0) is 40.0 Å². The number of imide groups is 1. The summed E-state index contributed by atoms with van der Waals surface area (Å²) in [5.74, 6) is 0.0306. The van der Waals surface area contributed by atoms with E-state index in [1.54, 1.807) is 0 Å². The standard InChI is InChI=1S/C11H17NO3/c1-11(2,3)15-10(14)12-8-5-4-7(6-8)9(12)13/h7-8H,4-6H2,1-3H3/t7-,8-/m1/s1. The molecular weight excluding hydrogens is 194 g/mol. The van der Waals surface area contributed by atoms with Gasteiger partial charge in [-0.1, -0.05) is 0 Å². The number of amides is 2. The lowest BCUT2D eigenvalue weighted by Crippen LogP contribution is -2.44. The Morgan fingerprint density at radius 2 is 2.07 bits per heavy atom. The van der Waals surface area contributed by atoms with Gasteiger partial charge >= 0.3 is 6.09 Å². The van der Waals surface area contributed by atoms with Crippen molar-refractivity contribution in [2.24, 2.45) is 5.92 Å². The van der Waals surface area contributed by atoms with E-state index in [0.717, 1.165) is 19.3 Å². The van der Waals surface area contributed by atoms with E-state index >= 15 is 0 Å². The smallest absolute Gasteiger partial charge is 0.417 e. The molecule has 15 heavy (non-hydrogen) atoms. The van der Waals surface area contributed by atoms with Crippen molar-refractivity contribution in [2.45, 2.75) is 51.7 Å². The minimum Gasteiger partial charge on any atom is -0.443 e. The van der Waals surface area contributed by atoms with Crippen LogP contribution in [0, 0.1) is 5.92 Å². The van der Waals surface area contributed by atoms with Crippen molar-refractivity contribution in [1.82, 2.24) is 4.90 Å². The highest BCUT2D eigenvalue weighted by molar-refractivity contribution is 5.96. The minimum absolute atomic E-state index is 0.0412. The molecular formula is C11H17NO3. The second kappa shape index (κ2) is 3.22. The second-order valence-electron chi connectivity index (χ2n) is 5.35. The Kier molecular flexibility index (Phi) is 2.24. The van der Waals surface area contributed by atoms with Crippen LogP contribution in [-0.2, 0) is 9.53 Å². The Morgan fingerprint density at radius 1 is 1.40 bits per heavy atom. The first-order chi connectivity index (χ1) is 6.88. The lowest BCUT2D eigenvalue weighted by atomic mass is 10.1. The van der Waals surface area contributed by atoms with E-state index in [-0.39, 0.29) is 17.9 Å². The molecule has 1 aliphatic carbocycles. The Morgan fingerprint density at radius 3 is 2.53 bits per heavy atom. The lowest BCUT2D eigenvalue weighted by molar-refractivity contribution is -0.133. The Labute approximate surface area is 89.6 Å². The van der Waals surface area contributed by atoms with Gasteiger partial charge in [0, 0.05) is 12.0 Å². The minimum atomic E-state index is -0.529. The molecule has 2 bridgehead atoms. The summed E-state index contributed by atoms with van der Waals surface area (Å²) in [6.07, 6.45) is 2.23. The van der Waals surface area contributed by atoms with Gasteiger partial charge in [-0.3, -0.25) is 4.79 Å². The number of hydrogen-bond donors (Lipinski definition) is 0. The number of likely N-dealkylation sites (tertiary alicyclic amines) is 1. The highest BCUT2D eigenvalue weighted by atomic mass is 16.6. The molecule has 0 unspecified atom stereocenters. The largest absolute Gasteiger partial charge is 0.443 e. The predicted octanol–water partition coefficient (Wildman–Crippen LogP) is 1.93. The summed E-state index contributed by atoms with van der Waals surface area (Å²) >= 11 is 0. The van der Waals surface area contributed by atoms with E-state index in [1.165, 1.54) is 4.90 Å². The van der Waals surface area contributed by atoms with Crippen LogP contribution in [0.15, 0.2) is 0 Å². The maximum absolute atomic E-state index is 11.7. The van der Waals surface area contributed by atoms with E-state index in [9.17, 15) is 9.59 Å². The third-order valence-corrected chi connectivity index (χ3v) is 2.95. The molecule has 0 aromatic heterocycles. The normalized spacial score (nSPS) is 29.8. The quantitative estimate of drug-likeness (QED) is 0.615. The molecule has 1 saturated carbocycles. The van der Waals surface area contributed by atoms with Gasteiger partial charge in [-0.2, -0.15) is 0 Å². The van der Waals surface area contributed by atoms with Crippen LogP contribution in [0.2, 0.25) is 0 Å². The first kappa shape index (κ1) is 10.5. The Bertz CT molecular complexity index is 305. The van der Waals surface area contributed by atoms with Crippen molar-refractivity contribution in [3.8, 4) is 0 Å². The fraction of sp³-hybridized carbons (Fsp3) is 0.818. The number of carbonyl (C=O) groups is 2. The number of nitrogens with zero attached hydrogens (tertiary/aromatic N) is 1. The summed E-state index contributed by atoms with van der Waals surface area (Å²) in [5.41, 5.74) is -0.529. The molecule has 2 fully saturated rings. The molecule has 4 heteroatoms. The van der Waals surface area contributed by atoms with E-state index in [2.05, 4.69) is 0 Å². The predicted molar refractivity (Wildman–Crippen MR) is 54.2 cm³/mol. The fourth-order valence-electron chi connectivity index (χ4n) is 2.34. The summed E-state index contributed by atoms with van der Waals surface area (Å²) in [4.78, 5) is 24.8. The molecule has 4 nitrogen and oxygen atoms in total. The summed E-state index contributed by atoms with van der Waals surface area (Å²) in [7, 11) is 0. The molecule has 1 aliphatic heterocycles. The SMILES string of the molecule is CC(C)(C)OC(=O)N1C(=O)[C@@H]2CC[C@@H]1C2. The Hall–Kier alpha value is -1.06.